The second-order valence-corrected chi connectivity index (χ2v) is 3.99. The Morgan fingerprint density at radius 2 is 2.44 bits per heavy atom. The van der Waals surface area contributed by atoms with Crippen molar-refractivity contribution in [1.82, 2.24) is 0 Å². The number of aliphatic hydroxyl groups is 1. The Morgan fingerprint density at radius 3 is 2.89 bits per heavy atom. The van der Waals surface area contributed by atoms with E-state index < -0.39 is 0 Å². The predicted octanol–water partition coefficient (Wildman–Crippen LogP) is 1.65. The van der Waals surface area contributed by atoms with Crippen LogP contribution in [0.15, 0.2) is 0 Å². The third kappa shape index (κ3) is 2.18. The lowest BCUT2D eigenvalue weighted by atomic mass is 10.1. The van der Waals surface area contributed by atoms with Gasteiger partial charge in [0.25, 0.3) is 0 Å². The first-order chi connectivity index (χ1) is 4.33. The van der Waals surface area contributed by atoms with Gasteiger partial charge in [-0.1, -0.05) is 6.92 Å². The molecule has 2 heteroatoms. The van der Waals surface area contributed by atoms with Gasteiger partial charge < -0.3 is 5.11 Å². The second kappa shape index (κ2) is 3.47. The number of rotatable bonds is 1. The van der Waals surface area contributed by atoms with Gasteiger partial charge in [-0.2, -0.15) is 11.8 Å². The van der Waals surface area contributed by atoms with Crippen molar-refractivity contribution in [2.24, 2.45) is 0 Å². The topological polar surface area (TPSA) is 20.2 Å². The van der Waals surface area contributed by atoms with Crippen molar-refractivity contribution in [3.63, 3.8) is 0 Å². The molecule has 2 atom stereocenters. The van der Waals surface area contributed by atoms with Crippen molar-refractivity contribution in [2.45, 2.75) is 37.5 Å². The van der Waals surface area contributed by atoms with Crippen LogP contribution in [0, 0.1) is 0 Å². The van der Waals surface area contributed by atoms with Crippen LogP contribution in [-0.2, 0) is 0 Å². The number of hydrogen-bond donors (Lipinski definition) is 1. The highest BCUT2D eigenvalue weighted by molar-refractivity contribution is 7.99. The molecule has 1 nitrogen and oxygen atoms in total. The van der Waals surface area contributed by atoms with E-state index in [4.69, 9.17) is 0 Å². The Hall–Kier alpha value is 0.310. The third-order valence-corrected chi connectivity index (χ3v) is 3.26. The lowest BCUT2D eigenvalue weighted by Crippen LogP contribution is -2.21. The number of aliphatic hydroxyl groups excluding tert-OH is 1. The molecular formula is C7H14OS. The zero-order chi connectivity index (χ0) is 6.69. The summed E-state index contributed by atoms with van der Waals surface area (Å²) in [5, 5.41) is 9.93. The minimum Gasteiger partial charge on any atom is -0.393 e. The van der Waals surface area contributed by atoms with E-state index in [1.165, 1.54) is 6.42 Å². The van der Waals surface area contributed by atoms with Crippen LogP contribution in [0.3, 0.4) is 0 Å². The van der Waals surface area contributed by atoms with Gasteiger partial charge in [0.05, 0.1) is 6.10 Å². The highest BCUT2D eigenvalue weighted by atomic mass is 32.2. The fourth-order valence-electron chi connectivity index (χ4n) is 1.14. The van der Waals surface area contributed by atoms with Crippen molar-refractivity contribution in [3.8, 4) is 0 Å². The highest BCUT2D eigenvalue weighted by Gasteiger charge is 2.18. The van der Waals surface area contributed by atoms with Gasteiger partial charge in [0.2, 0.25) is 0 Å². The van der Waals surface area contributed by atoms with Gasteiger partial charge >= 0.3 is 0 Å². The Labute approximate surface area is 60.8 Å². The molecule has 0 amide bonds. The molecule has 1 fully saturated rings. The SMILES string of the molecule is CCC1CC(O)CCS1. The van der Waals surface area contributed by atoms with Crippen molar-refractivity contribution in [1.29, 1.82) is 0 Å². The van der Waals surface area contributed by atoms with E-state index in [0.717, 1.165) is 23.8 Å². The first-order valence-electron chi connectivity index (χ1n) is 3.62. The van der Waals surface area contributed by atoms with Gasteiger partial charge in [-0.15, -0.1) is 0 Å². The van der Waals surface area contributed by atoms with Crippen molar-refractivity contribution >= 4 is 11.8 Å². The van der Waals surface area contributed by atoms with Crippen LogP contribution >= 0.6 is 11.8 Å². The van der Waals surface area contributed by atoms with Gasteiger partial charge in [0, 0.05) is 5.25 Å². The van der Waals surface area contributed by atoms with Crippen molar-refractivity contribution < 1.29 is 5.11 Å². The van der Waals surface area contributed by atoms with Gasteiger partial charge in [-0.05, 0) is 25.0 Å². The van der Waals surface area contributed by atoms with Crippen LogP contribution in [-0.4, -0.2) is 22.2 Å². The van der Waals surface area contributed by atoms with E-state index >= 15 is 0 Å². The van der Waals surface area contributed by atoms with E-state index in [9.17, 15) is 5.11 Å². The Balaban J connectivity index is 2.23. The predicted molar refractivity (Wildman–Crippen MR) is 41.8 cm³/mol. The summed E-state index contributed by atoms with van der Waals surface area (Å²) < 4.78 is 0. The summed E-state index contributed by atoms with van der Waals surface area (Å²) in [5.41, 5.74) is 0. The fraction of sp³-hybridized carbons (Fsp3) is 1.00. The molecule has 1 N–H and O–H groups in total. The molecule has 0 aromatic carbocycles. The van der Waals surface area contributed by atoms with E-state index in [-0.39, 0.29) is 6.10 Å². The smallest absolute Gasteiger partial charge is 0.0558 e. The summed E-state index contributed by atoms with van der Waals surface area (Å²) >= 11 is 2.01. The molecular weight excluding hydrogens is 132 g/mol. The quantitative estimate of drug-likeness (QED) is 0.607. The molecule has 0 spiro atoms. The van der Waals surface area contributed by atoms with Crippen LogP contribution in [0.25, 0.3) is 0 Å². The number of thioether (sulfide) groups is 1. The molecule has 1 heterocycles. The summed E-state index contributed by atoms with van der Waals surface area (Å²) in [6.07, 6.45) is 3.22. The summed E-state index contributed by atoms with van der Waals surface area (Å²) in [7, 11) is 0. The first kappa shape index (κ1) is 7.42. The standard InChI is InChI=1S/C7H14OS/c1-2-7-5-6(8)3-4-9-7/h6-8H,2-5H2,1H3. The van der Waals surface area contributed by atoms with Crippen molar-refractivity contribution in [2.75, 3.05) is 5.75 Å². The molecule has 0 saturated carbocycles. The lowest BCUT2D eigenvalue weighted by molar-refractivity contribution is 0.156. The fourth-order valence-corrected chi connectivity index (χ4v) is 2.48. The summed E-state index contributed by atoms with van der Waals surface area (Å²) in [4.78, 5) is 0. The average Bonchev–Trinajstić information content (AvgIpc) is 1.88. The van der Waals surface area contributed by atoms with E-state index in [1.807, 2.05) is 11.8 Å². The van der Waals surface area contributed by atoms with Gasteiger partial charge in [0.1, 0.15) is 0 Å². The Bertz CT molecular complexity index is 85.0. The molecule has 2 unspecified atom stereocenters. The minimum atomic E-state index is -0.00352. The molecule has 54 valence electrons. The van der Waals surface area contributed by atoms with Crippen molar-refractivity contribution in [3.05, 3.63) is 0 Å². The monoisotopic (exact) mass is 146 g/mol. The van der Waals surface area contributed by atoms with Crippen LogP contribution in [0.2, 0.25) is 0 Å². The molecule has 9 heavy (non-hydrogen) atoms. The number of hydrogen-bond acceptors (Lipinski definition) is 2. The molecule has 0 bridgehead atoms. The molecule has 0 aliphatic carbocycles. The molecule has 1 aliphatic heterocycles. The Kier molecular flexibility index (Phi) is 2.86. The van der Waals surface area contributed by atoms with Gasteiger partial charge in [0.15, 0.2) is 0 Å². The van der Waals surface area contributed by atoms with E-state index in [1.54, 1.807) is 0 Å². The van der Waals surface area contributed by atoms with E-state index in [2.05, 4.69) is 6.92 Å². The molecule has 0 aromatic heterocycles. The molecule has 0 radical (unpaired) electrons. The van der Waals surface area contributed by atoms with Crippen LogP contribution in [0.1, 0.15) is 26.2 Å². The summed E-state index contributed by atoms with van der Waals surface area (Å²) in [6.45, 7) is 2.19. The molecule has 1 saturated heterocycles. The normalized spacial score (nSPS) is 36.7. The molecule has 1 rings (SSSR count). The van der Waals surface area contributed by atoms with Gasteiger partial charge in [-0.3, -0.25) is 0 Å². The van der Waals surface area contributed by atoms with Crippen LogP contribution in [0.5, 0.6) is 0 Å². The molecule has 1 aliphatic rings. The van der Waals surface area contributed by atoms with E-state index in [0.29, 0.717) is 0 Å². The largest absolute Gasteiger partial charge is 0.393 e. The minimum absolute atomic E-state index is 0.00352. The summed E-state index contributed by atoms with van der Waals surface area (Å²) in [5.74, 6) is 1.15. The van der Waals surface area contributed by atoms with Gasteiger partial charge in [-0.25, -0.2) is 0 Å². The summed E-state index contributed by atoms with van der Waals surface area (Å²) in [6, 6.07) is 0. The first-order valence-corrected chi connectivity index (χ1v) is 4.67. The van der Waals surface area contributed by atoms with Crippen LogP contribution < -0.4 is 0 Å². The Morgan fingerprint density at radius 1 is 1.67 bits per heavy atom. The average molecular weight is 146 g/mol. The zero-order valence-corrected chi connectivity index (χ0v) is 6.66. The zero-order valence-electron chi connectivity index (χ0n) is 5.84. The third-order valence-electron chi connectivity index (χ3n) is 1.79. The second-order valence-electron chi connectivity index (χ2n) is 2.58. The lowest BCUT2D eigenvalue weighted by Gasteiger charge is -2.23. The maximum absolute atomic E-state index is 9.20. The van der Waals surface area contributed by atoms with Crippen LogP contribution in [0.4, 0.5) is 0 Å². The highest BCUT2D eigenvalue weighted by Crippen LogP contribution is 2.27. The molecule has 0 aromatic rings. The maximum Gasteiger partial charge on any atom is 0.0558 e. The maximum atomic E-state index is 9.20.